The first-order chi connectivity index (χ1) is 10.4. The number of piperazine rings is 1. The van der Waals surface area contributed by atoms with Crippen LogP contribution < -0.4 is 5.32 Å². The van der Waals surface area contributed by atoms with E-state index in [0.717, 1.165) is 12.1 Å². The number of carbonyl (C=O) groups is 1. The van der Waals surface area contributed by atoms with Crippen LogP contribution in [0.4, 0.5) is 0 Å². The molecular formula is C17H23N3OS. The summed E-state index contributed by atoms with van der Waals surface area (Å²) in [7, 11) is 0. The van der Waals surface area contributed by atoms with Crippen LogP contribution in [0.15, 0.2) is 23.7 Å². The molecule has 1 aliphatic rings. The lowest BCUT2D eigenvalue weighted by molar-refractivity contribution is -0.143. The topological polar surface area (TPSA) is 45.2 Å². The molecule has 1 aliphatic heterocycles. The van der Waals surface area contributed by atoms with E-state index in [2.05, 4.69) is 35.4 Å². The number of carbonyl (C=O) groups excluding carboxylic acids is 1. The second-order valence-corrected chi connectivity index (χ2v) is 7.98. The Morgan fingerprint density at radius 2 is 2.18 bits per heavy atom. The number of thiazole rings is 1. The largest absolute Gasteiger partial charge is 0.336 e. The lowest BCUT2D eigenvalue weighted by Crippen LogP contribution is -2.56. The predicted octanol–water partition coefficient (Wildman–Crippen LogP) is 3.20. The van der Waals surface area contributed by atoms with E-state index < -0.39 is 0 Å². The summed E-state index contributed by atoms with van der Waals surface area (Å²) < 4.78 is 1.20. The SMILES string of the molecule is CC1CNC(c2ccc3scnc3c2)CN1C(=O)C(C)(C)C. The molecule has 3 rings (SSSR count). The number of hydrogen-bond acceptors (Lipinski definition) is 4. The third kappa shape index (κ3) is 2.88. The molecule has 1 aromatic carbocycles. The molecule has 0 spiro atoms. The fourth-order valence-electron chi connectivity index (χ4n) is 2.89. The summed E-state index contributed by atoms with van der Waals surface area (Å²) in [4.78, 5) is 19.1. The number of nitrogens with zero attached hydrogens (tertiary/aromatic N) is 2. The summed E-state index contributed by atoms with van der Waals surface area (Å²) in [5, 5.41) is 3.56. The molecule has 1 saturated heterocycles. The van der Waals surface area contributed by atoms with Crippen LogP contribution in [0.25, 0.3) is 10.2 Å². The van der Waals surface area contributed by atoms with Crippen LogP contribution in [0, 0.1) is 5.41 Å². The average Bonchev–Trinajstić information content (AvgIpc) is 2.93. The molecule has 2 heterocycles. The van der Waals surface area contributed by atoms with E-state index in [1.54, 1.807) is 11.3 Å². The molecule has 2 unspecified atom stereocenters. The minimum Gasteiger partial charge on any atom is -0.336 e. The molecule has 1 aromatic heterocycles. The maximum absolute atomic E-state index is 12.7. The molecule has 5 heteroatoms. The molecule has 2 atom stereocenters. The second-order valence-electron chi connectivity index (χ2n) is 7.10. The van der Waals surface area contributed by atoms with E-state index in [1.165, 1.54) is 10.3 Å². The molecular weight excluding hydrogens is 294 g/mol. The summed E-state index contributed by atoms with van der Waals surface area (Å²) in [6, 6.07) is 6.81. The molecule has 0 radical (unpaired) electrons. The van der Waals surface area contributed by atoms with Crippen LogP contribution in [0.2, 0.25) is 0 Å². The Morgan fingerprint density at radius 3 is 2.91 bits per heavy atom. The van der Waals surface area contributed by atoms with Gasteiger partial charge in [-0.25, -0.2) is 4.98 Å². The van der Waals surface area contributed by atoms with Crippen LogP contribution in [-0.4, -0.2) is 34.9 Å². The molecule has 0 aliphatic carbocycles. The Labute approximate surface area is 135 Å². The minimum atomic E-state index is -0.338. The zero-order valence-electron chi connectivity index (χ0n) is 13.6. The quantitative estimate of drug-likeness (QED) is 0.878. The number of benzene rings is 1. The predicted molar refractivity (Wildman–Crippen MR) is 91.0 cm³/mol. The summed E-state index contributed by atoms with van der Waals surface area (Å²) in [6.07, 6.45) is 0. The van der Waals surface area contributed by atoms with Gasteiger partial charge in [0.05, 0.1) is 21.8 Å². The Morgan fingerprint density at radius 1 is 1.41 bits per heavy atom. The van der Waals surface area contributed by atoms with Gasteiger partial charge in [0.15, 0.2) is 0 Å². The van der Waals surface area contributed by atoms with Crippen molar-refractivity contribution in [3.8, 4) is 0 Å². The van der Waals surface area contributed by atoms with Crippen molar-refractivity contribution >= 4 is 27.5 Å². The van der Waals surface area contributed by atoms with Gasteiger partial charge in [-0.3, -0.25) is 4.79 Å². The number of rotatable bonds is 1. The number of fused-ring (bicyclic) bond motifs is 1. The normalized spacial score (nSPS) is 23.0. The Hall–Kier alpha value is -1.46. The van der Waals surface area contributed by atoms with Crippen LogP contribution >= 0.6 is 11.3 Å². The van der Waals surface area contributed by atoms with Gasteiger partial charge < -0.3 is 10.2 Å². The zero-order valence-corrected chi connectivity index (χ0v) is 14.4. The lowest BCUT2D eigenvalue weighted by atomic mass is 9.92. The lowest BCUT2D eigenvalue weighted by Gasteiger charge is -2.41. The molecule has 4 nitrogen and oxygen atoms in total. The fraction of sp³-hybridized carbons (Fsp3) is 0.529. The van der Waals surface area contributed by atoms with Crippen LogP contribution in [0.3, 0.4) is 0 Å². The highest BCUT2D eigenvalue weighted by molar-refractivity contribution is 7.16. The van der Waals surface area contributed by atoms with Gasteiger partial charge in [0, 0.05) is 24.5 Å². The van der Waals surface area contributed by atoms with Crippen molar-refractivity contribution in [2.75, 3.05) is 13.1 Å². The average molecular weight is 317 g/mol. The minimum absolute atomic E-state index is 0.175. The first-order valence-corrected chi connectivity index (χ1v) is 8.62. The van der Waals surface area contributed by atoms with Crippen molar-refractivity contribution in [1.82, 2.24) is 15.2 Å². The molecule has 1 fully saturated rings. The smallest absolute Gasteiger partial charge is 0.228 e. The fourth-order valence-corrected chi connectivity index (χ4v) is 3.55. The van der Waals surface area contributed by atoms with Crippen LogP contribution in [0.5, 0.6) is 0 Å². The monoisotopic (exact) mass is 317 g/mol. The second kappa shape index (κ2) is 5.63. The Kier molecular flexibility index (Phi) is 3.95. The van der Waals surface area contributed by atoms with Gasteiger partial charge in [-0.15, -0.1) is 11.3 Å². The third-order valence-electron chi connectivity index (χ3n) is 4.23. The highest BCUT2D eigenvalue weighted by Crippen LogP contribution is 2.27. The molecule has 22 heavy (non-hydrogen) atoms. The molecule has 2 aromatic rings. The summed E-state index contributed by atoms with van der Waals surface area (Å²) in [5.41, 5.74) is 3.78. The first-order valence-electron chi connectivity index (χ1n) is 7.74. The van der Waals surface area contributed by atoms with Crippen molar-refractivity contribution < 1.29 is 4.79 Å². The number of hydrogen-bond donors (Lipinski definition) is 1. The Bertz CT molecular complexity index is 689. The van der Waals surface area contributed by atoms with E-state index in [9.17, 15) is 4.79 Å². The van der Waals surface area contributed by atoms with Gasteiger partial charge in [0.2, 0.25) is 5.91 Å². The molecule has 0 bridgehead atoms. The van der Waals surface area contributed by atoms with Gasteiger partial charge in [-0.05, 0) is 24.6 Å². The van der Waals surface area contributed by atoms with Crippen LogP contribution in [0.1, 0.15) is 39.3 Å². The van der Waals surface area contributed by atoms with E-state index in [0.29, 0.717) is 6.54 Å². The van der Waals surface area contributed by atoms with Crippen molar-refractivity contribution in [2.45, 2.75) is 39.8 Å². The zero-order chi connectivity index (χ0) is 15.9. The van der Waals surface area contributed by atoms with Gasteiger partial charge in [0.25, 0.3) is 0 Å². The van der Waals surface area contributed by atoms with Gasteiger partial charge >= 0.3 is 0 Å². The van der Waals surface area contributed by atoms with Crippen molar-refractivity contribution in [2.24, 2.45) is 5.41 Å². The maximum Gasteiger partial charge on any atom is 0.228 e. The van der Waals surface area contributed by atoms with Crippen molar-refractivity contribution in [3.63, 3.8) is 0 Å². The number of aromatic nitrogens is 1. The van der Waals surface area contributed by atoms with Gasteiger partial charge in [-0.2, -0.15) is 0 Å². The van der Waals surface area contributed by atoms with E-state index in [4.69, 9.17) is 0 Å². The standard InChI is InChI=1S/C17H23N3OS/c1-11-8-18-14(9-20(11)16(21)17(2,3)4)12-5-6-15-13(7-12)19-10-22-15/h5-7,10-11,14,18H,8-9H2,1-4H3. The third-order valence-corrected chi connectivity index (χ3v) is 5.04. The Balaban J connectivity index is 1.84. The molecule has 0 saturated carbocycles. The van der Waals surface area contributed by atoms with E-state index >= 15 is 0 Å². The molecule has 118 valence electrons. The highest BCUT2D eigenvalue weighted by atomic mass is 32.1. The van der Waals surface area contributed by atoms with Crippen molar-refractivity contribution in [3.05, 3.63) is 29.3 Å². The van der Waals surface area contributed by atoms with Crippen molar-refractivity contribution in [1.29, 1.82) is 0 Å². The highest BCUT2D eigenvalue weighted by Gasteiger charge is 2.34. The van der Waals surface area contributed by atoms with Gasteiger partial charge in [-0.1, -0.05) is 26.8 Å². The number of nitrogens with one attached hydrogen (secondary N) is 1. The summed E-state index contributed by atoms with van der Waals surface area (Å²) >= 11 is 1.66. The van der Waals surface area contributed by atoms with E-state index in [1.807, 2.05) is 31.2 Å². The maximum atomic E-state index is 12.7. The molecule has 1 amide bonds. The van der Waals surface area contributed by atoms with Gasteiger partial charge in [0.1, 0.15) is 0 Å². The van der Waals surface area contributed by atoms with E-state index in [-0.39, 0.29) is 23.4 Å². The first kappa shape index (κ1) is 15.4. The summed E-state index contributed by atoms with van der Waals surface area (Å²) in [5.74, 6) is 0.223. The number of amides is 1. The molecule has 1 N–H and O–H groups in total. The summed E-state index contributed by atoms with van der Waals surface area (Å²) in [6.45, 7) is 9.60. The van der Waals surface area contributed by atoms with Crippen LogP contribution in [-0.2, 0) is 4.79 Å².